The maximum atomic E-state index is 12.0. The van der Waals surface area contributed by atoms with Gasteiger partial charge in [0.2, 0.25) is 5.91 Å². The molecule has 5 atom stereocenters. The fraction of sp³-hybridized carbons (Fsp3) is 0.929. The molecule has 4 unspecified atom stereocenters. The molecule has 2 fully saturated rings. The molecule has 2 aliphatic carbocycles. The van der Waals surface area contributed by atoms with Gasteiger partial charge in [0.25, 0.3) is 0 Å². The van der Waals surface area contributed by atoms with Crippen LogP contribution in [0.2, 0.25) is 0 Å². The molecule has 4 heteroatoms. The van der Waals surface area contributed by atoms with Gasteiger partial charge in [-0.05, 0) is 62.4 Å². The number of hydrogen-bond donors (Lipinski definition) is 2. The quantitative estimate of drug-likeness (QED) is 0.776. The fourth-order valence-corrected chi connectivity index (χ4v) is 4.21. The van der Waals surface area contributed by atoms with Gasteiger partial charge in [0.1, 0.15) is 0 Å². The van der Waals surface area contributed by atoms with Gasteiger partial charge in [0.05, 0.1) is 6.04 Å². The molecule has 0 aliphatic heterocycles. The van der Waals surface area contributed by atoms with Crippen LogP contribution in [-0.4, -0.2) is 30.0 Å². The number of carbonyl (C=O) groups excluding carboxylic acids is 1. The Labute approximate surface area is 115 Å². The maximum absolute atomic E-state index is 12.0. The average molecular weight is 270 g/mol. The van der Waals surface area contributed by atoms with Gasteiger partial charge in [-0.25, -0.2) is 0 Å². The van der Waals surface area contributed by atoms with Gasteiger partial charge >= 0.3 is 0 Å². The number of nitrogens with one attached hydrogen (secondary N) is 1. The van der Waals surface area contributed by atoms with Crippen LogP contribution in [-0.2, 0) is 4.79 Å². The second kappa shape index (κ2) is 6.29. The minimum absolute atomic E-state index is 0.0410. The first-order valence-electron chi connectivity index (χ1n) is 7.16. The van der Waals surface area contributed by atoms with Gasteiger partial charge < -0.3 is 11.1 Å². The van der Waals surface area contributed by atoms with Crippen LogP contribution in [0.15, 0.2) is 0 Å². The van der Waals surface area contributed by atoms with Crippen molar-refractivity contribution in [1.82, 2.24) is 5.32 Å². The van der Waals surface area contributed by atoms with E-state index in [4.69, 9.17) is 5.73 Å². The number of carbonyl (C=O) groups is 1. The first-order valence-corrected chi connectivity index (χ1v) is 8.56. The van der Waals surface area contributed by atoms with Crippen LogP contribution >= 0.6 is 11.8 Å². The predicted molar refractivity (Wildman–Crippen MR) is 77.5 cm³/mol. The smallest absolute Gasteiger partial charge is 0.237 e. The zero-order chi connectivity index (χ0) is 13.1. The van der Waals surface area contributed by atoms with Crippen LogP contribution in [0.4, 0.5) is 0 Å². The normalized spacial score (nSPS) is 33.4. The summed E-state index contributed by atoms with van der Waals surface area (Å²) in [6.07, 6.45) is 8.30. The lowest BCUT2D eigenvalue weighted by molar-refractivity contribution is -0.123. The molecule has 0 heterocycles. The second-order valence-electron chi connectivity index (χ2n) is 6.02. The summed E-state index contributed by atoms with van der Waals surface area (Å²) in [4.78, 5) is 12.0. The summed E-state index contributed by atoms with van der Waals surface area (Å²) in [5, 5.41) is 3.14. The van der Waals surface area contributed by atoms with E-state index in [0.29, 0.717) is 12.0 Å². The van der Waals surface area contributed by atoms with Crippen molar-refractivity contribution < 1.29 is 4.79 Å². The molecule has 3 N–H and O–H groups in total. The van der Waals surface area contributed by atoms with Crippen molar-refractivity contribution in [3.63, 3.8) is 0 Å². The highest BCUT2D eigenvalue weighted by Gasteiger charge is 2.42. The number of hydrogen-bond acceptors (Lipinski definition) is 3. The molecule has 18 heavy (non-hydrogen) atoms. The standard InChI is InChI=1S/C14H26N2OS/c1-9(12-8-10-3-4-11(12)7-10)16-14(17)13(15)5-6-18-2/h9-13H,3-8,15H2,1-2H3,(H,16,17)/t9?,10?,11?,12?,13-/m1/s1. The van der Waals surface area contributed by atoms with Crippen molar-refractivity contribution in [3.8, 4) is 0 Å². The molecule has 0 aromatic carbocycles. The van der Waals surface area contributed by atoms with E-state index in [0.717, 1.165) is 24.0 Å². The Morgan fingerprint density at radius 3 is 2.78 bits per heavy atom. The number of amides is 1. The highest BCUT2D eigenvalue weighted by Crippen LogP contribution is 2.49. The van der Waals surface area contributed by atoms with Gasteiger partial charge in [-0.15, -0.1) is 0 Å². The minimum Gasteiger partial charge on any atom is -0.352 e. The molecule has 1 amide bonds. The van der Waals surface area contributed by atoms with Crippen LogP contribution in [0.3, 0.4) is 0 Å². The Morgan fingerprint density at radius 1 is 1.44 bits per heavy atom. The molecule has 0 aromatic heterocycles. The lowest BCUT2D eigenvalue weighted by Gasteiger charge is -2.29. The molecular weight excluding hydrogens is 244 g/mol. The molecule has 0 aromatic rings. The molecule has 2 bridgehead atoms. The second-order valence-corrected chi connectivity index (χ2v) is 7.01. The number of thioether (sulfide) groups is 1. The monoisotopic (exact) mass is 270 g/mol. The molecule has 0 spiro atoms. The zero-order valence-corrected chi connectivity index (χ0v) is 12.3. The van der Waals surface area contributed by atoms with Crippen molar-refractivity contribution in [1.29, 1.82) is 0 Å². The van der Waals surface area contributed by atoms with Crippen LogP contribution in [0.25, 0.3) is 0 Å². The van der Waals surface area contributed by atoms with E-state index in [1.165, 1.54) is 25.7 Å². The average Bonchev–Trinajstić information content (AvgIpc) is 2.97. The highest BCUT2D eigenvalue weighted by atomic mass is 32.2. The van der Waals surface area contributed by atoms with Crippen molar-refractivity contribution in [3.05, 3.63) is 0 Å². The van der Waals surface area contributed by atoms with Crippen LogP contribution in [0.1, 0.15) is 39.0 Å². The number of rotatable bonds is 6. The third-order valence-electron chi connectivity index (χ3n) is 4.77. The number of fused-ring (bicyclic) bond motifs is 2. The highest BCUT2D eigenvalue weighted by molar-refractivity contribution is 7.98. The fourth-order valence-electron chi connectivity index (χ4n) is 3.72. The zero-order valence-electron chi connectivity index (χ0n) is 11.5. The first kappa shape index (κ1) is 14.2. The van der Waals surface area contributed by atoms with E-state index < -0.39 is 0 Å². The Morgan fingerprint density at radius 2 is 2.22 bits per heavy atom. The summed E-state index contributed by atoms with van der Waals surface area (Å²) in [6, 6.07) is -0.0355. The van der Waals surface area contributed by atoms with Crippen LogP contribution in [0, 0.1) is 17.8 Å². The maximum Gasteiger partial charge on any atom is 0.237 e. The van der Waals surface area contributed by atoms with Crippen molar-refractivity contribution in [2.75, 3.05) is 12.0 Å². The Balaban J connectivity index is 1.76. The molecule has 2 rings (SSSR count). The summed E-state index contributed by atoms with van der Waals surface area (Å²) in [5.41, 5.74) is 5.90. The molecule has 0 saturated heterocycles. The SMILES string of the molecule is CSCC[C@@H](N)C(=O)NC(C)C1CC2CCC1C2. The van der Waals surface area contributed by atoms with Gasteiger partial charge in [-0.3, -0.25) is 4.79 Å². The van der Waals surface area contributed by atoms with Crippen molar-refractivity contribution >= 4 is 17.7 Å². The molecular formula is C14H26N2OS. The van der Waals surface area contributed by atoms with Gasteiger partial charge in [0, 0.05) is 6.04 Å². The third kappa shape index (κ3) is 3.21. The van der Waals surface area contributed by atoms with Gasteiger partial charge in [-0.1, -0.05) is 6.42 Å². The lowest BCUT2D eigenvalue weighted by Crippen LogP contribution is -2.47. The summed E-state index contributed by atoms with van der Waals surface area (Å²) in [5.74, 6) is 3.48. The van der Waals surface area contributed by atoms with E-state index in [1.54, 1.807) is 11.8 Å². The topological polar surface area (TPSA) is 55.1 Å². The van der Waals surface area contributed by atoms with E-state index in [-0.39, 0.29) is 11.9 Å². The summed E-state index contributed by atoms with van der Waals surface area (Å²) in [7, 11) is 0. The molecule has 2 saturated carbocycles. The third-order valence-corrected chi connectivity index (χ3v) is 5.42. The van der Waals surface area contributed by atoms with Crippen LogP contribution < -0.4 is 11.1 Å². The molecule has 0 radical (unpaired) electrons. The minimum atomic E-state index is -0.335. The molecule has 3 nitrogen and oxygen atoms in total. The van der Waals surface area contributed by atoms with E-state index >= 15 is 0 Å². The van der Waals surface area contributed by atoms with E-state index in [2.05, 4.69) is 12.2 Å². The lowest BCUT2D eigenvalue weighted by atomic mass is 9.84. The number of nitrogens with two attached hydrogens (primary N) is 1. The summed E-state index contributed by atoms with van der Waals surface area (Å²) in [6.45, 7) is 2.16. The van der Waals surface area contributed by atoms with E-state index in [1.807, 2.05) is 6.26 Å². The first-order chi connectivity index (χ1) is 8.61. The van der Waals surface area contributed by atoms with E-state index in [9.17, 15) is 4.79 Å². The predicted octanol–water partition coefficient (Wildman–Crippen LogP) is 2.01. The molecule has 2 aliphatic rings. The van der Waals surface area contributed by atoms with Gasteiger partial charge in [-0.2, -0.15) is 11.8 Å². The Bertz CT molecular complexity index is 298. The summed E-state index contributed by atoms with van der Waals surface area (Å²) < 4.78 is 0. The van der Waals surface area contributed by atoms with Gasteiger partial charge in [0.15, 0.2) is 0 Å². The Kier molecular flexibility index (Phi) is 4.96. The molecule has 104 valence electrons. The largest absolute Gasteiger partial charge is 0.352 e. The van der Waals surface area contributed by atoms with Crippen LogP contribution in [0.5, 0.6) is 0 Å². The van der Waals surface area contributed by atoms with Crippen molar-refractivity contribution in [2.24, 2.45) is 23.5 Å². The van der Waals surface area contributed by atoms with Crippen molar-refractivity contribution in [2.45, 2.75) is 51.1 Å². The summed E-state index contributed by atoms with van der Waals surface area (Å²) >= 11 is 1.74. The Hall–Kier alpha value is -0.220.